The van der Waals surface area contributed by atoms with Gasteiger partial charge < -0.3 is 5.11 Å². The average molecular weight is 218 g/mol. The first-order valence-corrected chi connectivity index (χ1v) is 4.74. The van der Waals surface area contributed by atoms with Crippen LogP contribution >= 0.6 is 0 Å². The summed E-state index contributed by atoms with van der Waals surface area (Å²) in [7, 11) is 0. The van der Waals surface area contributed by atoms with E-state index in [9.17, 15) is 9.59 Å². The van der Waals surface area contributed by atoms with Crippen LogP contribution in [-0.4, -0.2) is 26.5 Å². The molecule has 0 saturated carbocycles. The largest absolute Gasteiger partial charge is 0.478 e. The molecule has 0 spiro atoms. The van der Waals surface area contributed by atoms with E-state index < -0.39 is 5.97 Å². The van der Waals surface area contributed by atoms with Gasteiger partial charge in [-0.15, -0.1) is 0 Å². The Kier molecular flexibility index (Phi) is 2.23. The topological polar surface area (TPSA) is 71.7 Å². The molecule has 1 N–H and O–H groups in total. The molecule has 0 radical (unpaired) electrons. The summed E-state index contributed by atoms with van der Waals surface area (Å²) in [4.78, 5) is 22.6. The summed E-state index contributed by atoms with van der Waals surface area (Å²) in [6.07, 6.45) is 1.52. The summed E-state index contributed by atoms with van der Waals surface area (Å²) in [6.45, 7) is 3.02. The van der Waals surface area contributed by atoms with Gasteiger partial charge >= 0.3 is 5.97 Å². The zero-order valence-corrected chi connectivity index (χ0v) is 8.89. The first kappa shape index (κ1) is 10.4. The molecular weight excluding hydrogens is 208 g/mol. The van der Waals surface area contributed by atoms with E-state index in [1.165, 1.54) is 17.6 Å². The van der Waals surface area contributed by atoms with Gasteiger partial charge in [-0.05, 0) is 24.6 Å². The fourth-order valence-corrected chi connectivity index (χ4v) is 1.89. The maximum Gasteiger partial charge on any atom is 0.338 e. The number of carbonyl (C=O) groups is 2. The van der Waals surface area contributed by atoms with Gasteiger partial charge in [0.15, 0.2) is 5.78 Å². The van der Waals surface area contributed by atoms with Crippen LogP contribution in [0.4, 0.5) is 0 Å². The molecule has 82 valence electrons. The minimum absolute atomic E-state index is 0.137. The number of nitrogens with zero attached hydrogens (tertiary/aromatic N) is 2. The van der Waals surface area contributed by atoms with Gasteiger partial charge in [0.2, 0.25) is 0 Å². The molecule has 2 aromatic rings. The molecule has 0 bridgehead atoms. The number of fused-ring (bicyclic) bond motifs is 1. The highest BCUT2D eigenvalue weighted by molar-refractivity contribution is 6.04. The Hall–Kier alpha value is -2.17. The van der Waals surface area contributed by atoms with Gasteiger partial charge in [0.1, 0.15) is 5.69 Å². The third kappa shape index (κ3) is 1.29. The van der Waals surface area contributed by atoms with E-state index in [0.29, 0.717) is 16.8 Å². The van der Waals surface area contributed by atoms with E-state index in [2.05, 4.69) is 5.10 Å². The van der Waals surface area contributed by atoms with Crippen LogP contribution in [0.3, 0.4) is 0 Å². The summed E-state index contributed by atoms with van der Waals surface area (Å²) < 4.78 is 1.38. The number of carboxylic acid groups (broad SMARTS) is 1. The van der Waals surface area contributed by atoms with Crippen LogP contribution in [0.15, 0.2) is 18.3 Å². The predicted octanol–water partition coefficient (Wildman–Crippen LogP) is 1.54. The van der Waals surface area contributed by atoms with E-state index in [1.54, 1.807) is 19.1 Å². The third-order valence-electron chi connectivity index (χ3n) is 2.50. The molecule has 0 unspecified atom stereocenters. The Morgan fingerprint density at radius 3 is 2.69 bits per heavy atom. The SMILES string of the molecule is CC(=O)c1c(C)c(C(=O)O)c2cccnn12. The van der Waals surface area contributed by atoms with Crippen LogP contribution in [0.2, 0.25) is 0 Å². The molecule has 2 aromatic heterocycles. The number of hydrogen-bond acceptors (Lipinski definition) is 3. The van der Waals surface area contributed by atoms with Gasteiger partial charge in [-0.3, -0.25) is 4.79 Å². The standard InChI is InChI=1S/C11H10N2O3/c1-6-9(11(15)16)8-4-3-5-12-13(8)10(6)7(2)14/h3-5H,1-2H3,(H,15,16). The molecule has 0 saturated heterocycles. The Balaban J connectivity index is 2.97. The highest BCUT2D eigenvalue weighted by Crippen LogP contribution is 2.22. The van der Waals surface area contributed by atoms with E-state index in [1.807, 2.05) is 0 Å². The normalized spacial score (nSPS) is 10.6. The van der Waals surface area contributed by atoms with Crippen molar-refractivity contribution in [3.8, 4) is 0 Å². The number of carboxylic acids is 1. The van der Waals surface area contributed by atoms with Crippen molar-refractivity contribution in [2.24, 2.45) is 0 Å². The van der Waals surface area contributed by atoms with Crippen molar-refractivity contribution in [3.05, 3.63) is 35.2 Å². The summed E-state index contributed by atoms with van der Waals surface area (Å²) in [5.41, 5.74) is 1.36. The molecule has 0 atom stereocenters. The maximum atomic E-state index is 11.5. The number of aromatic nitrogens is 2. The van der Waals surface area contributed by atoms with Crippen molar-refractivity contribution in [3.63, 3.8) is 0 Å². The molecule has 0 aliphatic rings. The fraction of sp³-hybridized carbons (Fsp3) is 0.182. The molecule has 0 aliphatic heterocycles. The minimum Gasteiger partial charge on any atom is -0.478 e. The van der Waals surface area contributed by atoms with Gasteiger partial charge in [-0.1, -0.05) is 0 Å². The number of rotatable bonds is 2. The van der Waals surface area contributed by atoms with Gasteiger partial charge in [0.25, 0.3) is 0 Å². The molecule has 0 aliphatic carbocycles. The number of Topliss-reactive ketones (excluding diaryl/α,β-unsaturated/α-hetero) is 1. The Bertz CT molecular complexity index is 548. The van der Waals surface area contributed by atoms with Crippen molar-refractivity contribution >= 4 is 17.3 Å². The van der Waals surface area contributed by atoms with Crippen LogP contribution in [0.1, 0.15) is 33.3 Å². The summed E-state index contributed by atoms with van der Waals surface area (Å²) in [6, 6.07) is 3.28. The molecule has 0 aromatic carbocycles. The first-order chi connectivity index (χ1) is 7.54. The van der Waals surface area contributed by atoms with Gasteiger partial charge in [-0.25, -0.2) is 9.31 Å². The Labute approximate surface area is 91.3 Å². The monoisotopic (exact) mass is 218 g/mol. The lowest BCUT2D eigenvalue weighted by Crippen LogP contribution is -2.02. The Morgan fingerprint density at radius 1 is 1.44 bits per heavy atom. The highest BCUT2D eigenvalue weighted by Gasteiger charge is 2.22. The number of hydrogen-bond donors (Lipinski definition) is 1. The van der Waals surface area contributed by atoms with Crippen molar-refractivity contribution in [1.82, 2.24) is 9.61 Å². The highest BCUT2D eigenvalue weighted by atomic mass is 16.4. The van der Waals surface area contributed by atoms with E-state index in [0.717, 1.165) is 0 Å². The van der Waals surface area contributed by atoms with Gasteiger partial charge in [-0.2, -0.15) is 5.10 Å². The van der Waals surface area contributed by atoms with E-state index >= 15 is 0 Å². The third-order valence-corrected chi connectivity index (χ3v) is 2.50. The quantitative estimate of drug-likeness (QED) is 0.776. The number of carbonyl (C=O) groups excluding carboxylic acids is 1. The van der Waals surface area contributed by atoms with Crippen molar-refractivity contribution in [2.75, 3.05) is 0 Å². The van der Waals surface area contributed by atoms with Crippen LogP contribution in [-0.2, 0) is 0 Å². The summed E-state index contributed by atoms with van der Waals surface area (Å²) in [5.74, 6) is -1.24. The molecule has 16 heavy (non-hydrogen) atoms. The second kappa shape index (κ2) is 3.44. The van der Waals surface area contributed by atoms with Crippen molar-refractivity contribution in [1.29, 1.82) is 0 Å². The Morgan fingerprint density at radius 2 is 2.12 bits per heavy atom. The number of aromatic carboxylic acids is 1. The number of ketones is 1. The van der Waals surface area contributed by atoms with Crippen molar-refractivity contribution < 1.29 is 14.7 Å². The lowest BCUT2D eigenvalue weighted by atomic mass is 10.1. The summed E-state index contributed by atoms with van der Waals surface area (Å²) >= 11 is 0. The zero-order chi connectivity index (χ0) is 11.9. The smallest absolute Gasteiger partial charge is 0.338 e. The second-order valence-electron chi connectivity index (χ2n) is 3.53. The van der Waals surface area contributed by atoms with Crippen LogP contribution in [0.25, 0.3) is 5.52 Å². The molecule has 2 rings (SSSR count). The first-order valence-electron chi connectivity index (χ1n) is 4.74. The molecule has 0 fully saturated rings. The van der Waals surface area contributed by atoms with E-state index in [4.69, 9.17) is 5.11 Å². The molecular formula is C11H10N2O3. The van der Waals surface area contributed by atoms with Crippen molar-refractivity contribution in [2.45, 2.75) is 13.8 Å². The van der Waals surface area contributed by atoms with Gasteiger partial charge in [0.05, 0.1) is 11.1 Å². The van der Waals surface area contributed by atoms with E-state index in [-0.39, 0.29) is 11.3 Å². The average Bonchev–Trinajstić information content (AvgIpc) is 2.49. The minimum atomic E-state index is -1.05. The molecule has 5 heteroatoms. The molecule has 2 heterocycles. The van der Waals surface area contributed by atoms with Gasteiger partial charge in [0, 0.05) is 13.1 Å². The lowest BCUT2D eigenvalue weighted by molar-refractivity contribution is 0.0698. The van der Waals surface area contributed by atoms with Crippen LogP contribution in [0, 0.1) is 6.92 Å². The fourth-order valence-electron chi connectivity index (χ4n) is 1.89. The molecule has 0 amide bonds. The van der Waals surface area contributed by atoms with Crippen LogP contribution in [0.5, 0.6) is 0 Å². The summed E-state index contributed by atoms with van der Waals surface area (Å²) in [5, 5.41) is 13.1. The second-order valence-corrected chi connectivity index (χ2v) is 3.53. The zero-order valence-electron chi connectivity index (χ0n) is 8.89. The maximum absolute atomic E-state index is 11.5. The predicted molar refractivity (Wildman–Crippen MR) is 56.9 cm³/mol. The van der Waals surface area contributed by atoms with Crippen LogP contribution < -0.4 is 0 Å². The molecule has 5 nitrogen and oxygen atoms in total. The lowest BCUT2D eigenvalue weighted by Gasteiger charge is -1.96.